The van der Waals surface area contributed by atoms with Crippen molar-refractivity contribution in [3.63, 3.8) is 0 Å². The quantitative estimate of drug-likeness (QED) is 0.165. The lowest BCUT2D eigenvalue weighted by atomic mass is 10.2. The number of fused-ring (bicyclic) bond motifs is 1. The smallest absolute Gasteiger partial charge is 0.258 e. The Hall–Kier alpha value is -3.06. The van der Waals surface area contributed by atoms with Crippen LogP contribution in [-0.4, -0.2) is 78.4 Å². The molecule has 0 unspecified atom stereocenters. The lowest BCUT2D eigenvalue weighted by Crippen LogP contribution is -2.47. The van der Waals surface area contributed by atoms with Gasteiger partial charge in [0.2, 0.25) is 0 Å². The van der Waals surface area contributed by atoms with E-state index in [9.17, 15) is 9.90 Å². The molecule has 0 aliphatic carbocycles. The number of nitrogens with zero attached hydrogens (tertiary/aromatic N) is 4. The first kappa shape index (κ1) is 32.3. The van der Waals surface area contributed by atoms with Crippen molar-refractivity contribution in [1.29, 1.82) is 0 Å². The van der Waals surface area contributed by atoms with Crippen molar-refractivity contribution < 1.29 is 19.4 Å². The Labute approximate surface area is 274 Å². The van der Waals surface area contributed by atoms with Crippen LogP contribution in [-0.2, 0) is 0 Å². The van der Waals surface area contributed by atoms with Crippen molar-refractivity contribution >= 4 is 85.1 Å². The molecule has 1 aliphatic heterocycles. The molecule has 0 spiro atoms. The van der Waals surface area contributed by atoms with Crippen LogP contribution in [0.3, 0.4) is 0 Å². The Morgan fingerprint density at radius 3 is 2.55 bits per heavy atom. The van der Waals surface area contributed by atoms with E-state index in [1.165, 1.54) is 24.8 Å². The van der Waals surface area contributed by atoms with Gasteiger partial charge in [-0.15, -0.1) is 11.3 Å². The predicted octanol–water partition coefficient (Wildman–Crippen LogP) is 6.87. The van der Waals surface area contributed by atoms with Gasteiger partial charge in [0.05, 0.1) is 57.0 Å². The number of hydrogen-bond donors (Lipinski definition) is 3. The number of benzene rings is 2. The summed E-state index contributed by atoms with van der Waals surface area (Å²) in [6, 6.07) is 6.06. The van der Waals surface area contributed by atoms with Crippen molar-refractivity contribution in [2.75, 3.05) is 62.0 Å². The Balaban J connectivity index is 1.41. The number of halogens is 3. The van der Waals surface area contributed by atoms with Crippen LogP contribution >= 0.6 is 46.1 Å². The minimum Gasteiger partial charge on any atom is -0.494 e. The molecule has 1 amide bonds. The molecule has 1 fully saturated rings. The number of carbonyl (C=O) groups excluding carboxylic acids is 1. The SMILES string of the molecule is COc1c(Cl)c(C)c(Cl)c(NC(=O)c2csc3c(Nc4ccc(N5CCN(CCO)CC5)cc4OC(C)C)ncnc23)c1Cl. The van der Waals surface area contributed by atoms with Gasteiger partial charge in [0.25, 0.3) is 5.91 Å². The molecule has 4 aromatic rings. The van der Waals surface area contributed by atoms with Crippen LogP contribution in [0, 0.1) is 6.92 Å². The van der Waals surface area contributed by atoms with Crippen LogP contribution in [0.5, 0.6) is 11.5 Å². The zero-order chi connectivity index (χ0) is 31.5. The molecule has 234 valence electrons. The first-order chi connectivity index (χ1) is 21.1. The Kier molecular flexibility index (Phi) is 10.2. The maximum atomic E-state index is 13.5. The number of aromatic nitrogens is 2. The highest BCUT2D eigenvalue weighted by atomic mass is 35.5. The number of piperazine rings is 1. The highest BCUT2D eigenvalue weighted by molar-refractivity contribution is 7.18. The molecule has 2 aromatic heterocycles. The number of hydrogen-bond acceptors (Lipinski definition) is 10. The summed E-state index contributed by atoms with van der Waals surface area (Å²) in [6.45, 7) is 10.0. The van der Waals surface area contributed by atoms with Gasteiger partial charge in [-0.2, -0.15) is 0 Å². The highest BCUT2D eigenvalue weighted by Crippen LogP contribution is 2.46. The van der Waals surface area contributed by atoms with E-state index in [4.69, 9.17) is 44.3 Å². The zero-order valence-electron chi connectivity index (χ0n) is 24.7. The third kappa shape index (κ3) is 6.63. The summed E-state index contributed by atoms with van der Waals surface area (Å²) in [5, 5.41) is 17.8. The normalized spacial score (nSPS) is 13.9. The van der Waals surface area contributed by atoms with Gasteiger partial charge in [-0.25, -0.2) is 9.97 Å². The Morgan fingerprint density at radius 2 is 1.86 bits per heavy atom. The molecule has 10 nitrogen and oxygen atoms in total. The summed E-state index contributed by atoms with van der Waals surface area (Å²) < 4.78 is 12.2. The van der Waals surface area contributed by atoms with E-state index in [-0.39, 0.29) is 39.2 Å². The van der Waals surface area contributed by atoms with Crippen molar-refractivity contribution in [2.24, 2.45) is 0 Å². The molecule has 44 heavy (non-hydrogen) atoms. The average molecular weight is 680 g/mol. The number of nitrogens with one attached hydrogen (secondary N) is 2. The zero-order valence-corrected chi connectivity index (χ0v) is 27.8. The van der Waals surface area contributed by atoms with E-state index >= 15 is 0 Å². The van der Waals surface area contributed by atoms with Crippen LogP contribution in [0.4, 0.5) is 22.9 Å². The van der Waals surface area contributed by atoms with E-state index < -0.39 is 5.91 Å². The number of rotatable bonds is 10. The van der Waals surface area contributed by atoms with E-state index in [2.05, 4.69) is 36.5 Å². The molecule has 0 radical (unpaired) electrons. The molecule has 14 heteroatoms. The number of β-amino-alcohol motifs (C(OH)–C–C–N with tert-alkyl or cyclic N) is 1. The minimum atomic E-state index is -0.444. The lowest BCUT2D eigenvalue weighted by Gasteiger charge is -2.36. The van der Waals surface area contributed by atoms with E-state index in [0.717, 1.165) is 37.6 Å². The van der Waals surface area contributed by atoms with Crippen molar-refractivity contribution in [2.45, 2.75) is 26.9 Å². The summed E-state index contributed by atoms with van der Waals surface area (Å²) in [7, 11) is 1.44. The molecular weight excluding hydrogens is 647 g/mol. The van der Waals surface area contributed by atoms with Crippen LogP contribution in [0.1, 0.15) is 29.8 Å². The van der Waals surface area contributed by atoms with Gasteiger partial charge >= 0.3 is 0 Å². The molecule has 2 aromatic carbocycles. The Morgan fingerprint density at radius 1 is 1.11 bits per heavy atom. The van der Waals surface area contributed by atoms with Crippen LogP contribution < -0.4 is 25.0 Å². The predicted molar refractivity (Wildman–Crippen MR) is 179 cm³/mol. The number of methoxy groups -OCH3 is 1. The van der Waals surface area contributed by atoms with Gasteiger partial charge in [0, 0.05) is 49.9 Å². The number of anilines is 4. The molecular formula is C30H33Cl3N6O4S. The second kappa shape index (κ2) is 13.9. The monoisotopic (exact) mass is 678 g/mol. The minimum absolute atomic E-state index is 0.0524. The first-order valence-corrected chi connectivity index (χ1v) is 16.0. The molecule has 0 bridgehead atoms. The largest absolute Gasteiger partial charge is 0.494 e. The first-order valence-electron chi connectivity index (χ1n) is 14.0. The number of ether oxygens (including phenoxy) is 2. The average Bonchev–Trinajstić information content (AvgIpc) is 3.45. The molecule has 0 saturated carbocycles. The Bertz CT molecular complexity index is 1680. The number of thiophene rings is 1. The van der Waals surface area contributed by atoms with Crippen molar-refractivity contribution in [1.82, 2.24) is 14.9 Å². The highest BCUT2D eigenvalue weighted by Gasteiger charge is 2.24. The van der Waals surface area contributed by atoms with Gasteiger partial charge in [0.15, 0.2) is 11.6 Å². The summed E-state index contributed by atoms with van der Waals surface area (Å²) in [5.41, 5.74) is 3.34. The van der Waals surface area contributed by atoms with Gasteiger partial charge in [-0.05, 0) is 38.5 Å². The van der Waals surface area contributed by atoms with E-state index in [0.29, 0.717) is 39.5 Å². The molecule has 3 N–H and O–H groups in total. The maximum absolute atomic E-state index is 13.5. The number of amides is 1. The van der Waals surface area contributed by atoms with Crippen LogP contribution in [0.2, 0.25) is 15.1 Å². The lowest BCUT2D eigenvalue weighted by molar-refractivity contribution is 0.102. The van der Waals surface area contributed by atoms with Crippen molar-refractivity contribution in [3.05, 3.63) is 56.1 Å². The molecule has 0 atom stereocenters. The standard InChI is InChI=1S/C30H33Cl3N6O4S/c1-16(2)43-21-13-18(39-9-7-38(8-10-39)11-12-40)5-6-20(21)36-29-28-25(34-15-35-29)19(14-44-28)30(41)37-26-22(31)17(3)23(32)27(42-4)24(26)33/h5-6,13-16,40H,7-12H2,1-4H3,(H,37,41)(H,34,35,36). The molecule has 1 aliphatic rings. The van der Waals surface area contributed by atoms with E-state index in [1.807, 2.05) is 26.0 Å². The third-order valence-electron chi connectivity index (χ3n) is 7.27. The topological polar surface area (TPSA) is 112 Å². The second-order valence-electron chi connectivity index (χ2n) is 10.5. The van der Waals surface area contributed by atoms with Crippen LogP contribution in [0.25, 0.3) is 10.2 Å². The summed E-state index contributed by atoms with van der Waals surface area (Å²) in [5.74, 6) is 1.01. The van der Waals surface area contributed by atoms with E-state index in [1.54, 1.807) is 12.3 Å². The maximum Gasteiger partial charge on any atom is 0.258 e. The fourth-order valence-electron chi connectivity index (χ4n) is 4.99. The van der Waals surface area contributed by atoms with Gasteiger partial charge in [-0.3, -0.25) is 9.69 Å². The van der Waals surface area contributed by atoms with Gasteiger partial charge in [0.1, 0.15) is 17.1 Å². The number of aliphatic hydroxyl groups excluding tert-OH is 1. The second-order valence-corrected chi connectivity index (χ2v) is 12.5. The molecule has 5 rings (SSSR count). The third-order valence-corrected chi connectivity index (χ3v) is 9.54. The fourth-order valence-corrected chi connectivity index (χ4v) is 6.90. The number of carbonyl (C=O) groups is 1. The summed E-state index contributed by atoms with van der Waals surface area (Å²) in [6.07, 6.45) is 1.36. The fraction of sp³-hybridized carbons (Fsp3) is 0.367. The molecule has 1 saturated heterocycles. The van der Waals surface area contributed by atoms with Crippen LogP contribution in [0.15, 0.2) is 29.9 Å². The summed E-state index contributed by atoms with van der Waals surface area (Å²) >= 11 is 20.7. The molecule has 3 heterocycles. The van der Waals surface area contributed by atoms with Gasteiger partial charge in [-0.1, -0.05) is 34.8 Å². The number of aliphatic hydroxyl groups is 1. The van der Waals surface area contributed by atoms with Gasteiger partial charge < -0.3 is 30.1 Å². The summed E-state index contributed by atoms with van der Waals surface area (Å²) in [4.78, 5) is 26.9. The van der Waals surface area contributed by atoms with Crippen molar-refractivity contribution in [3.8, 4) is 11.5 Å².